The fourth-order valence-corrected chi connectivity index (χ4v) is 2.00. The van der Waals surface area contributed by atoms with Crippen LogP contribution in [-0.2, 0) is 6.54 Å². The summed E-state index contributed by atoms with van der Waals surface area (Å²) < 4.78 is 13.6. The van der Waals surface area contributed by atoms with Crippen LogP contribution in [0.3, 0.4) is 0 Å². The van der Waals surface area contributed by atoms with Crippen molar-refractivity contribution in [3.8, 4) is 0 Å². The number of anilines is 1. The highest BCUT2D eigenvalue weighted by molar-refractivity contribution is 6.00. The molecule has 4 heteroatoms. The van der Waals surface area contributed by atoms with Crippen LogP contribution in [0.4, 0.5) is 10.1 Å². The van der Waals surface area contributed by atoms with Gasteiger partial charge in [-0.15, -0.1) is 0 Å². The van der Waals surface area contributed by atoms with Crippen molar-refractivity contribution in [1.82, 2.24) is 0 Å². The van der Waals surface area contributed by atoms with Crippen LogP contribution in [0.15, 0.2) is 48.5 Å². The molecule has 0 fully saturated rings. The molecule has 3 nitrogen and oxygen atoms in total. The van der Waals surface area contributed by atoms with E-state index in [1.54, 1.807) is 18.2 Å². The predicted molar refractivity (Wildman–Crippen MR) is 76.0 cm³/mol. The fraction of sp³-hybridized carbons (Fsp3) is 0.133. The third-order valence-electron chi connectivity index (χ3n) is 2.97. The van der Waals surface area contributed by atoms with Gasteiger partial charge in [0, 0.05) is 30.4 Å². The standard InChI is InChI=1S/C15H16FN3/c1-19(10-11-6-2-4-8-13(11)16)14-9-5-3-7-12(14)15(17)18/h2-9H,10H2,1H3,(H3,17,18). The molecule has 2 aromatic rings. The van der Waals surface area contributed by atoms with Gasteiger partial charge in [-0.1, -0.05) is 30.3 Å². The van der Waals surface area contributed by atoms with E-state index in [4.69, 9.17) is 11.1 Å². The van der Waals surface area contributed by atoms with E-state index in [9.17, 15) is 4.39 Å². The van der Waals surface area contributed by atoms with Gasteiger partial charge in [-0.25, -0.2) is 4.39 Å². The smallest absolute Gasteiger partial charge is 0.128 e. The molecule has 98 valence electrons. The maximum absolute atomic E-state index is 13.6. The van der Waals surface area contributed by atoms with Gasteiger partial charge in [-0.05, 0) is 18.2 Å². The van der Waals surface area contributed by atoms with Crippen LogP contribution in [0.2, 0.25) is 0 Å². The Hall–Kier alpha value is -2.36. The second kappa shape index (κ2) is 5.52. The molecule has 0 spiro atoms. The van der Waals surface area contributed by atoms with E-state index < -0.39 is 0 Å². The van der Waals surface area contributed by atoms with Crippen LogP contribution in [-0.4, -0.2) is 12.9 Å². The number of nitrogen functional groups attached to an aromatic ring is 1. The number of benzene rings is 2. The zero-order chi connectivity index (χ0) is 13.8. The van der Waals surface area contributed by atoms with E-state index in [2.05, 4.69) is 0 Å². The van der Waals surface area contributed by atoms with E-state index in [0.29, 0.717) is 17.7 Å². The largest absolute Gasteiger partial charge is 0.384 e. The Balaban J connectivity index is 2.28. The van der Waals surface area contributed by atoms with Gasteiger partial charge in [0.2, 0.25) is 0 Å². The van der Waals surface area contributed by atoms with Crippen molar-refractivity contribution in [3.63, 3.8) is 0 Å². The van der Waals surface area contributed by atoms with E-state index >= 15 is 0 Å². The second-order valence-corrected chi connectivity index (χ2v) is 4.38. The predicted octanol–water partition coefficient (Wildman–Crippen LogP) is 2.75. The van der Waals surface area contributed by atoms with E-state index in [1.165, 1.54) is 6.07 Å². The number of halogens is 1. The first-order valence-corrected chi connectivity index (χ1v) is 5.97. The molecule has 3 N–H and O–H groups in total. The SMILES string of the molecule is CN(Cc1ccccc1F)c1ccccc1C(=N)N. The Bertz CT molecular complexity index is 595. The molecule has 0 radical (unpaired) electrons. The third-order valence-corrected chi connectivity index (χ3v) is 2.97. The molecule has 0 saturated heterocycles. The average molecular weight is 257 g/mol. The number of para-hydroxylation sites is 1. The molecule has 0 unspecified atom stereocenters. The van der Waals surface area contributed by atoms with Crippen molar-refractivity contribution < 1.29 is 4.39 Å². The topological polar surface area (TPSA) is 53.1 Å². The zero-order valence-electron chi connectivity index (χ0n) is 10.7. The van der Waals surface area contributed by atoms with Crippen LogP contribution in [0.25, 0.3) is 0 Å². The van der Waals surface area contributed by atoms with Gasteiger partial charge in [0.25, 0.3) is 0 Å². The van der Waals surface area contributed by atoms with Crippen molar-refractivity contribution in [2.24, 2.45) is 5.73 Å². The molecule has 0 aliphatic heterocycles. The van der Waals surface area contributed by atoms with Gasteiger partial charge < -0.3 is 10.6 Å². The number of nitrogens with two attached hydrogens (primary N) is 1. The molecule has 0 aromatic heterocycles. The van der Waals surface area contributed by atoms with Crippen molar-refractivity contribution in [2.75, 3.05) is 11.9 Å². The first-order chi connectivity index (χ1) is 9.09. The van der Waals surface area contributed by atoms with Crippen LogP contribution >= 0.6 is 0 Å². The lowest BCUT2D eigenvalue weighted by atomic mass is 10.1. The number of nitrogens with one attached hydrogen (secondary N) is 1. The minimum Gasteiger partial charge on any atom is -0.384 e. The summed E-state index contributed by atoms with van der Waals surface area (Å²) in [7, 11) is 1.86. The number of hydrogen-bond donors (Lipinski definition) is 2. The minimum atomic E-state index is -0.227. The third kappa shape index (κ3) is 2.91. The first kappa shape index (κ1) is 13.1. The summed E-state index contributed by atoms with van der Waals surface area (Å²) in [5.74, 6) is -0.217. The lowest BCUT2D eigenvalue weighted by Crippen LogP contribution is -2.22. The van der Waals surface area contributed by atoms with E-state index in [1.807, 2.05) is 36.2 Å². The Morgan fingerprint density at radius 1 is 1.16 bits per heavy atom. The fourth-order valence-electron chi connectivity index (χ4n) is 2.00. The van der Waals surface area contributed by atoms with Crippen LogP contribution in [0.5, 0.6) is 0 Å². The monoisotopic (exact) mass is 257 g/mol. The summed E-state index contributed by atoms with van der Waals surface area (Å²) in [5.41, 5.74) is 7.64. The molecule has 19 heavy (non-hydrogen) atoms. The molecular formula is C15H16FN3. The molecule has 2 aromatic carbocycles. The van der Waals surface area contributed by atoms with Crippen LogP contribution < -0.4 is 10.6 Å². The zero-order valence-corrected chi connectivity index (χ0v) is 10.7. The summed E-state index contributed by atoms with van der Waals surface area (Å²) in [6.45, 7) is 0.428. The summed E-state index contributed by atoms with van der Waals surface area (Å²) in [5, 5.41) is 7.57. The highest BCUT2D eigenvalue weighted by Crippen LogP contribution is 2.21. The Morgan fingerprint density at radius 2 is 1.79 bits per heavy atom. The first-order valence-electron chi connectivity index (χ1n) is 5.97. The van der Waals surface area contributed by atoms with Gasteiger partial charge in [-0.2, -0.15) is 0 Å². The summed E-state index contributed by atoms with van der Waals surface area (Å²) in [6.07, 6.45) is 0. The highest BCUT2D eigenvalue weighted by atomic mass is 19.1. The molecule has 2 rings (SSSR count). The van der Waals surface area contributed by atoms with Crippen molar-refractivity contribution in [1.29, 1.82) is 5.41 Å². The summed E-state index contributed by atoms with van der Waals surface area (Å²) in [6, 6.07) is 14.0. The number of amidine groups is 1. The van der Waals surface area contributed by atoms with E-state index in [0.717, 1.165) is 5.69 Å². The molecular weight excluding hydrogens is 241 g/mol. The molecule has 0 atom stereocenters. The van der Waals surface area contributed by atoms with Crippen LogP contribution in [0, 0.1) is 11.2 Å². The normalized spacial score (nSPS) is 10.2. The van der Waals surface area contributed by atoms with Crippen molar-refractivity contribution >= 4 is 11.5 Å². The van der Waals surface area contributed by atoms with E-state index in [-0.39, 0.29) is 11.7 Å². The van der Waals surface area contributed by atoms with Crippen molar-refractivity contribution in [2.45, 2.75) is 6.54 Å². The lowest BCUT2D eigenvalue weighted by Gasteiger charge is -2.22. The molecule has 0 aliphatic carbocycles. The van der Waals surface area contributed by atoms with Gasteiger partial charge in [0.1, 0.15) is 11.7 Å². The van der Waals surface area contributed by atoms with Crippen molar-refractivity contribution in [3.05, 3.63) is 65.5 Å². The molecule has 0 aliphatic rings. The Kier molecular flexibility index (Phi) is 3.80. The maximum Gasteiger partial charge on any atom is 0.128 e. The highest BCUT2D eigenvalue weighted by Gasteiger charge is 2.11. The van der Waals surface area contributed by atoms with Gasteiger partial charge >= 0.3 is 0 Å². The molecule has 0 bridgehead atoms. The Labute approximate surface area is 112 Å². The average Bonchev–Trinajstić information content (AvgIpc) is 2.41. The number of nitrogens with zero attached hydrogens (tertiary/aromatic N) is 1. The minimum absolute atomic E-state index is 0.0102. The van der Waals surface area contributed by atoms with Gasteiger partial charge in [-0.3, -0.25) is 5.41 Å². The maximum atomic E-state index is 13.6. The number of hydrogen-bond acceptors (Lipinski definition) is 2. The van der Waals surface area contributed by atoms with Gasteiger partial charge in [0.15, 0.2) is 0 Å². The molecule has 0 saturated carbocycles. The summed E-state index contributed by atoms with van der Waals surface area (Å²) in [4.78, 5) is 1.88. The molecule has 0 amide bonds. The number of rotatable bonds is 4. The lowest BCUT2D eigenvalue weighted by molar-refractivity contribution is 0.608. The Morgan fingerprint density at radius 3 is 2.47 bits per heavy atom. The summed E-state index contributed by atoms with van der Waals surface area (Å²) >= 11 is 0. The van der Waals surface area contributed by atoms with Crippen LogP contribution in [0.1, 0.15) is 11.1 Å². The second-order valence-electron chi connectivity index (χ2n) is 4.38. The van der Waals surface area contributed by atoms with Gasteiger partial charge in [0.05, 0.1) is 0 Å². The quantitative estimate of drug-likeness (QED) is 0.653. The molecule has 0 heterocycles.